The number of benzene rings is 21. The van der Waals surface area contributed by atoms with Crippen LogP contribution in [0.2, 0.25) is 0 Å². The van der Waals surface area contributed by atoms with Crippen molar-refractivity contribution in [3.05, 3.63) is 473 Å². The molecule has 21 aromatic carbocycles. The fraction of sp³-hybridized carbons (Fsp3) is 0. The summed E-state index contributed by atoms with van der Waals surface area (Å²) in [7, 11) is 0. The van der Waals surface area contributed by atoms with Crippen molar-refractivity contribution in [2.45, 2.75) is 0 Å². The second-order valence-electron chi connectivity index (χ2n) is 34.2. The molecule has 630 valence electrons. The third kappa shape index (κ3) is 15.0. The van der Waals surface area contributed by atoms with Crippen molar-refractivity contribution in [3.8, 4) is 135 Å². The van der Waals surface area contributed by atoms with Crippen molar-refractivity contribution in [2.75, 3.05) is 0 Å². The van der Waals surface area contributed by atoms with Gasteiger partial charge in [-0.2, -0.15) is 0 Å². The Bertz CT molecular complexity index is 9290. The maximum atomic E-state index is 5.37. The first-order valence-electron chi connectivity index (χ1n) is 45.5. The number of rotatable bonds is 12. The topological polar surface area (TPSA) is 77.3 Å². The van der Waals surface area contributed by atoms with Crippen LogP contribution in [0.1, 0.15) is 0 Å². The predicted molar refractivity (Wildman–Crippen MR) is 575 cm³/mol. The predicted octanol–water partition coefficient (Wildman–Crippen LogP) is 35.5. The Labute approximate surface area is 791 Å². The van der Waals surface area contributed by atoms with Crippen molar-refractivity contribution >= 4 is 160 Å². The molecule has 0 saturated heterocycles. The van der Waals surface area contributed by atoms with E-state index in [4.69, 9.17) is 29.9 Å². The van der Waals surface area contributed by atoms with Gasteiger partial charge < -0.3 is 0 Å². The zero-order valence-electron chi connectivity index (χ0n) is 72.9. The first-order valence-corrected chi connectivity index (χ1v) is 47.9. The largest absolute Gasteiger partial charge is 0.244 e. The maximum Gasteiger partial charge on any atom is 0.161 e. The van der Waals surface area contributed by atoms with Crippen molar-refractivity contribution in [2.24, 2.45) is 0 Å². The average Bonchev–Trinajstić information content (AvgIpc) is 1.59. The summed E-state index contributed by atoms with van der Waals surface area (Å²) in [4.78, 5) is 31.2. The van der Waals surface area contributed by atoms with Gasteiger partial charge in [-0.25, -0.2) is 29.9 Å². The molecule has 0 spiro atoms. The molecule has 0 radical (unpaired) electrons. The Morgan fingerprint density at radius 3 is 1.04 bits per heavy atom. The Morgan fingerprint density at radius 1 is 0.141 bits per heavy atom. The van der Waals surface area contributed by atoms with Crippen LogP contribution in [0, 0.1) is 0 Å². The lowest BCUT2D eigenvalue weighted by Crippen LogP contribution is -1.97. The van der Waals surface area contributed by atoms with Gasteiger partial charge in [0.1, 0.15) is 0 Å². The standard InChI is InChI=1S/3C42H26N2S/c1-2-11-30(12-3-1)41-36-26-31(24-25-37(36)43-42(44-41)34-17-8-13-28-10-4-5-14-32(28)34)27-20-22-29(23-21-27)33-16-9-19-39-40(33)35-15-6-7-18-38(35)45-39;1-2-11-30(12-3-1)40-41(32-25-20-27-10-4-5-13-31(27)26-32)43-36-17-8-16-34(42(36)44-40)29-23-21-28(22-24-29)33-15-9-19-38-39(33)35-14-6-7-18-37(35)45-38;1-2-10-30(11-3-1)42-43-37-26-32(23-24-35(37)41(44-42)33-22-19-27-9-4-5-12-31(27)25-33)28-17-20-29(21-18-28)34-14-8-16-39-40(34)36-13-6-7-15-38(36)45-39/h3*1-26H. The average molecular weight is 1770 g/mol. The lowest BCUT2D eigenvalue weighted by atomic mass is 9.96. The van der Waals surface area contributed by atoms with E-state index in [0.717, 1.165) is 134 Å². The number of hydrogen-bond acceptors (Lipinski definition) is 9. The summed E-state index contributed by atoms with van der Waals surface area (Å²) in [6.07, 6.45) is 0. The van der Waals surface area contributed by atoms with Crippen LogP contribution < -0.4 is 0 Å². The van der Waals surface area contributed by atoms with Gasteiger partial charge in [0.05, 0.1) is 44.8 Å². The van der Waals surface area contributed by atoms with Crippen LogP contribution in [0.4, 0.5) is 0 Å². The number of nitrogens with zero attached hydrogens (tertiary/aromatic N) is 6. The molecule has 0 N–H and O–H groups in total. The monoisotopic (exact) mass is 1770 g/mol. The van der Waals surface area contributed by atoms with E-state index in [9.17, 15) is 0 Å². The summed E-state index contributed by atoms with van der Waals surface area (Å²) < 4.78 is 7.94. The molecule has 0 aliphatic carbocycles. The molecule has 135 heavy (non-hydrogen) atoms. The summed E-state index contributed by atoms with van der Waals surface area (Å²) in [6, 6.07) is 168. The molecule has 0 amide bonds. The summed E-state index contributed by atoms with van der Waals surface area (Å²) >= 11 is 5.57. The lowest BCUT2D eigenvalue weighted by Gasteiger charge is -2.14. The Hall–Kier alpha value is -16.9. The third-order valence-electron chi connectivity index (χ3n) is 26.1. The minimum atomic E-state index is 0.731. The molecule has 0 atom stereocenters. The van der Waals surface area contributed by atoms with E-state index in [2.05, 4.69) is 443 Å². The van der Waals surface area contributed by atoms with Crippen LogP contribution in [0.15, 0.2) is 473 Å². The smallest absolute Gasteiger partial charge is 0.161 e. The Kier molecular flexibility index (Phi) is 20.4. The molecule has 9 heteroatoms. The first-order chi connectivity index (χ1) is 66.9. The van der Waals surface area contributed by atoms with Gasteiger partial charge in [-0.15, -0.1) is 34.0 Å². The minimum absolute atomic E-state index is 0.731. The molecule has 0 saturated carbocycles. The Balaban J connectivity index is 0.000000108. The first kappa shape index (κ1) is 80.2. The van der Waals surface area contributed by atoms with Crippen molar-refractivity contribution in [1.82, 2.24) is 29.9 Å². The van der Waals surface area contributed by atoms with E-state index in [1.165, 1.54) is 126 Å². The number of fused-ring (bicyclic) bond motifs is 15. The second-order valence-corrected chi connectivity index (χ2v) is 37.4. The molecular formula is C126H78N6S3. The zero-order chi connectivity index (χ0) is 89.2. The third-order valence-corrected chi connectivity index (χ3v) is 29.5. The van der Waals surface area contributed by atoms with Crippen LogP contribution in [-0.4, -0.2) is 29.9 Å². The van der Waals surface area contributed by atoms with Crippen molar-refractivity contribution < 1.29 is 0 Å². The van der Waals surface area contributed by atoms with Crippen LogP contribution in [-0.2, 0) is 0 Å². The molecule has 0 aliphatic rings. The van der Waals surface area contributed by atoms with Crippen molar-refractivity contribution in [1.29, 1.82) is 0 Å². The summed E-state index contributed by atoms with van der Waals surface area (Å²) in [5.74, 6) is 1.47. The Morgan fingerprint density at radius 2 is 0.496 bits per heavy atom. The lowest BCUT2D eigenvalue weighted by molar-refractivity contribution is 1.23. The zero-order valence-corrected chi connectivity index (χ0v) is 75.4. The summed E-state index contributed by atoms with van der Waals surface area (Å²) in [6.45, 7) is 0. The van der Waals surface area contributed by atoms with Crippen LogP contribution in [0.25, 0.3) is 260 Å². The van der Waals surface area contributed by atoms with E-state index in [0.29, 0.717) is 0 Å². The van der Waals surface area contributed by atoms with Gasteiger partial charge in [-0.1, -0.05) is 394 Å². The van der Waals surface area contributed by atoms with Gasteiger partial charge in [0.25, 0.3) is 0 Å². The molecule has 27 aromatic rings. The molecule has 0 fully saturated rings. The van der Waals surface area contributed by atoms with Gasteiger partial charge in [0, 0.05) is 110 Å². The summed E-state index contributed by atoms with van der Waals surface area (Å²) in [5, 5.41) is 17.2. The van der Waals surface area contributed by atoms with Crippen LogP contribution in [0.3, 0.4) is 0 Å². The van der Waals surface area contributed by atoms with E-state index in [1.54, 1.807) is 0 Å². The highest BCUT2D eigenvalue weighted by atomic mass is 32.1. The number of thiophene rings is 3. The minimum Gasteiger partial charge on any atom is -0.244 e. The molecule has 0 unspecified atom stereocenters. The highest BCUT2D eigenvalue weighted by Crippen LogP contribution is 2.47. The highest BCUT2D eigenvalue weighted by molar-refractivity contribution is 7.26. The van der Waals surface area contributed by atoms with Crippen molar-refractivity contribution in [3.63, 3.8) is 0 Å². The van der Waals surface area contributed by atoms with Gasteiger partial charge in [0.2, 0.25) is 0 Å². The molecular weight excluding hydrogens is 1690 g/mol. The van der Waals surface area contributed by atoms with E-state index in [-0.39, 0.29) is 0 Å². The number of para-hydroxylation sites is 1. The highest BCUT2D eigenvalue weighted by Gasteiger charge is 2.23. The van der Waals surface area contributed by atoms with E-state index in [1.807, 2.05) is 64.3 Å². The number of aromatic nitrogens is 6. The molecule has 6 aromatic heterocycles. The van der Waals surface area contributed by atoms with Crippen LogP contribution in [0.5, 0.6) is 0 Å². The van der Waals surface area contributed by atoms with Gasteiger partial charge in [-0.05, 0) is 172 Å². The van der Waals surface area contributed by atoms with Gasteiger partial charge >= 0.3 is 0 Å². The summed E-state index contributed by atoms with van der Waals surface area (Å²) in [5.41, 5.74) is 27.9. The molecule has 6 heterocycles. The maximum absolute atomic E-state index is 5.37. The van der Waals surface area contributed by atoms with Gasteiger partial charge in [-0.3, -0.25) is 0 Å². The molecule has 27 rings (SSSR count). The quantitative estimate of drug-likeness (QED) is 0.121. The molecule has 0 aliphatic heterocycles. The fourth-order valence-corrected chi connectivity index (χ4v) is 22.8. The normalized spacial score (nSPS) is 11.6. The van der Waals surface area contributed by atoms with E-state index >= 15 is 0 Å². The molecule has 0 bridgehead atoms. The molecule has 6 nitrogen and oxygen atoms in total. The second kappa shape index (κ2) is 34.4. The van der Waals surface area contributed by atoms with Crippen LogP contribution >= 0.6 is 34.0 Å². The van der Waals surface area contributed by atoms with Gasteiger partial charge in [0.15, 0.2) is 11.6 Å². The SMILES string of the molecule is c1ccc(-c2nc(-c3ccc4ccccc4c3)c3ccc(-c4ccc(-c5cccc6sc7ccccc7c56)cc4)cc3n2)cc1.c1ccc(-c2nc(-c3cccc4ccccc34)nc3ccc(-c4ccc(-c5cccc6sc7ccccc7c56)cc4)cc23)cc1.c1ccc(-c2nc3c(-c4ccc(-c5cccc6sc7ccccc7c56)cc4)cccc3nc2-c2ccc3ccccc3c2)cc1. The van der Waals surface area contributed by atoms with E-state index < -0.39 is 0 Å². The fourth-order valence-electron chi connectivity index (χ4n) is 19.5. The number of hydrogen-bond donors (Lipinski definition) is 0.